The molecule has 0 bridgehead atoms. The van der Waals surface area contributed by atoms with Crippen molar-refractivity contribution in [1.29, 1.82) is 0 Å². The van der Waals surface area contributed by atoms with E-state index in [1.54, 1.807) is 17.2 Å². The van der Waals surface area contributed by atoms with Gasteiger partial charge in [-0.1, -0.05) is 18.2 Å². The minimum atomic E-state index is -0.377. The quantitative estimate of drug-likeness (QED) is 0.533. The molecule has 142 valence electrons. The van der Waals surface area contributed by atoms with Gasteiger partial charge in [-0.15, -0.1) is 17.9 Å². The van der Waals surface area contributed by atoms with Crippen LogP contribution in [0.4, 0.5) is 5.69 Å². The van der Waals surface area contributed by atoms with E-state index in [9.17, 15) is 9.59 Å². The van der Waals surface area contributed by atoms with Crippen LogP contribution in [-0.2, 0) is 4.74 Å². The number of para-hydroxylation sites is 1. The van der Waals surface area contributed by atoms with Crippen LogP contribution in [0.25, 0.3) is 10.2 Å². The molecule has 4 rings (SSSR count). The fourth-order valence-corrected chi connectivity index (χ4v) is 4.48. The molecular weight excluding hydrogens is 374 g/mol. The molecule has 7 heteroatoms. The second-order valence-electron chi connectivity index (χ2n) is 6.51. The molecule has 0 spiro atoms. The van der Waals surface area contributed by atoms with Crippen LogP contribution in [0.15, 0.2) is 49.2 Å². The van der Waals surface area contributed by atoms with Gasteiger partial charge in [-0.25, -0.2) is 9.78 Å². The Kier molecular flexibility index (Phi) is 4.60. The van der Waals surface area contributed by atoms with Gasteiger partial charge in [-0.05, 0) is 30.7 Å². The Labute approximate surface area is 166 Å². The van der Waals surface area contributed by atoms with Gasteiger partial charge < -0.3 is 15.0 Å². The molecule has 1 N–H and O–H groups in total. The maximum Gasteiger partial charge on any atom is 0.348 e. The summed E-state index contributed by atoms with van der Waals surface area (Å²) in [5.74, 6) is -0.424. The summed E-state index contributed by atoms with van der Waals surface area (Å²) in [4.78, 5) is 32.6. The Morgan fingerprint density at radius 3 is 2.96 bits per heavy atom. The lowest BCUT2D eigenvalue weighted by Gasteiger charge is -2.37. The van der Waals surface area contributed by atoms with Gasteiger partial charge >= 0.3 is 5.97 Å². The van der Waals surface area contributed by atoms with Crippen molar-refractivity contribution in [3.05, 3.63) is 70.8 Å². The number of ether oxygens (including phenoxy) is 1. The average Bonchev–Trinajstić information content (AvgIpc) is 3.05. The number of amides is 1. The summed E-state index contributed by atoms with van der Waals surface area (Å²) in [7, 11) is 1.37. The summed E-state index contributed by atoms with van der Waals surface area (Å²) < 4.78 is 4.86. The first-order chi connectivity index (χ1) is 13.5. The van der Waals surface area contributed by atoms with Gasteiger partial charge in [0.25, 0.3) is 5.91 Å². The number of methoxy groups -OCH3 is 1. The number of pyridine rings is 1. The minimum Gasteiger partial charge on any atom is -0.465 e. The summed E-state index contributed by atoms with van der Waals surface area (Å²) in [6.45, 7) is 6.07. The molecule has 1 aliphatic rings. The smallest absolute Gasteiger partial charge is 0.348 e. The predicted molar refractivity (Wildman–Crippen MR) is 110 cm³/mol. The molecule has 1 atom stereocenters. The monoisotopic (exact) mass is 393 g/mol. The zero-order chi connectivity index (χ0) is 19.8. The summed E-state index contributed by atoms with van der Waals surface area (Å²) in [5, 5.41) is 4.32. The molecule has 0 saturated heterocycles. The lowest BCUT2D eigenvalue weighted by Crippen LogP contribution is -2.43. The second-order valence-corrected chi connectivity index (χ2v) is 7.51. The van der Waals surface area contributed by atoms with Crippen molar-refractivity contribution < 1.29 is 14.3 Å². The number of aryl methyl sites for hydroxylation is 1. The molecule has 28 heavy (non-hydrogen) atoms. The number of nitrogens with zero attached hydrogens (tertiary/aromatic N) is 2. The van der Waals surface area contributed by atoms with Crippen molar-refractivity contribution in [2.75, 3.05) is 19.0 Å². The maximum atomic E-state index is 13.0. The Morgan fingerprint density at radius 1 is 1.43 bits per heavy atom. The van der Waals surface area contributed by atoms with Crippen LogP contribution in [0.3, 0.4) is 0 Å². The zero-order valence-corrected chi connectivity index (χ0v) is 16.4. The molecule has 1 aliphatic heterocycles. The van der Waals surface area contributed by atoms with Crippen LogP contribution in [0.1, 0.15) is 37.3 Å². The van der Waals surface area contributed by atoms with Crippen molar-refractivity contribution in [2.24, 2.45) is 0 Å². The van der Waals surface area contributed by atoms with Crippen LogP contribution in [0.5, 0.6) is 0 Å². The fraction of sp³-hybridized carbons (Fsp3) is 0.190. The minimum absolute atomic E-state index is 0.0587. The maximum absolute atomic E-state index is 13.0. The highest BCUT2D eigenvalue weighted by molar-refractivity contribution is 7.20. The molecule has 0 aliphatic carbocycles. The van der Waals surface area contributed by atoms with E-state index >= 15 is 0 Å². The summed E-state index contributed by atoms with van der Waals surface area (Å²) in [5.41, 5.74) is 3.10. The van der Waals surface area contributed by atoms with E-state index in [0.717, 1.165) is 27.0 Å². The summed E-state index contributed by atoms with van der Waals surface area (Å²) >= 11 is 1.31. The fourth-order valence-electron chi connectivity index (χ4n) is 3.43. The number of thiophene rings is 1. The van der Waals surface area contributed by atoms with Gasteiger partial charge in [0.15, 0.2) is 0 Å². The number of hydrogen-bond acceptors (Lipinski definition) is 6. The van der Waals surface area contributed by atoms with E-state index in [1.807, 2.05) is 37.3 Å². The van der Waals surface area contributed by atoms with Crippen LogP contribution < -0.4 is 5.32 Å². The number of carbonyl (C=O) groups is 2. The lowest BCUT2D eigenvalue weighted by atomic mass is 10.0. The molecule has 3 aromatic rings. The summed E-state index contributed by atoms with van der Waals surface area (Å²) in [6.07, 6.45) is 3.07. The van der Waals surface area contributed by atoms with Crippen LogP contribution in [0, 0.1) is 6.92 Å². The Bertz CT molecular complexity index is 1110. The van der Waals surface area contributed by atoms with E-state index in [4.69, 9.17) is 4.74 Å². The molecule has 0 unspecified atom stereocenters. The third kappa shape index (κ3) is 2.84. The van der Waals surface area contributed by atoms with Gasteiger partial charge in [0, 0.05) is 29.4 Å². The molecule has 1 amide bonds. The van der Waals surface area contributed by atoms with E-state index in [-0.39, 0.29) is 18.0 Å². The number of anilines is 1. The van der Waals surface area contributed by atoms with Gasteiger partial charge in [-0.2, -0.15) is 0 Å². The topological polar surface area (TPSA) is 71.5 Å². The highest BCUT2D eigenvalue weighted by atomic mass is 32.1. The molecule has 6 nitrogen and oxygen atoms in total. The number of rotatable bonds is 4. The largest absolute Gasteiger partial charge is 0.465 e. The van der Waals surface area contributed by atoms with Crippen molar-refractivity contribution in [2.45, 2.75) is 13.1 Å². The molecule has 0 radical (unpaired) electrons. The van der Waals surface area contributed by atoms with Crippen molar-refractivity contribution in [1.82, 2.24) is 9.88 Å². The van der Waals surface area contributed by atoms with Gasteiger partial charge in [0.1, 0.15) is 15.9 Å². The third-order valence-corrected chi connectivity index (χ3v) is 6.05. The molecular formula is C21H19N3O3S. The van der Waals surface area contributed by atoms with Crippen molar-refractivity contribution >= 4 is 39.1 Å². The normalized spacial score (nSPS) is 15.9. The number of benzene rings is 1. The average molecular weight is 393 g/mol. The number of aromatic nitrogens is 1. The number of hydrogen-bond donors (Lipinski definition) is 1. The van der Waals surface area contributed by atoms with Crippen molar-refractivity contribution in [3.63, 3.8) is 0 Å². The lowest BCUT2D eigenvalue weighted by molar-refractivity contribution is 0.0605. The number of carbonyl (C=O) groups excluding carboxylic acids is 2. The standard InChI is InChI=1S/C21H19N3O3S/c1-4-9-24-18(23-16-8-6-5-7-14(16)20(24)25)13-10-15-12(2)17(21(26)27-3)28-19(15)22-11-13/h4-8,10-11,18,23H,1,9H2,2-3H3/t18-/m0/s1. The highest BCUT2D eigenvalue weighted by Gasteiger charge is 2.32. The van der Waals surface area contributed by atoms with Gasteiger partial charge in [-0.3, -0.25) is 4.79 Å². The van der Waals surface area contributed by atoms with E-state index in [1.165, 1.54) is 18.4 Å². The Balaban J connectivity index is 1.81. The molecule has 0 saturated carbocycles. The second kappa shape index (κ2) is 7.09. The third-order valence-electron chi connectivity index (χ3n) is 4.85. The van der Waals surface area contributed by atoms with Gasteiger partial charge in [0.2, 0.25) is 0 Å². The number of esters is 1. The van der Waals surface area contributed by atoms with Crippen LogP contribution in [0.2, 0.25) is 0 Å². The van der Waals surface area contributed by atoms with E-state index in [2.05, 4.69) is 16.9 Å². The zero-order valence-electron chi connectivity index (χ0n) is 15.6. The summed E-state index contributed by atoms with van der Waals surface area (Å²) in [6, 6.07) is 9.43. The van der Waals surface area contributed by atoms with E-state index < -0.39 is 0 Å². The Morgan fingerprint density at radius 2 is 2.21 bits per heavy atom. The number of fused-ring (bicyclic) bond motifs is 2. The van der Waals surface area contributed by atoms with Gasteiger partial charge in [0.05, 0.1) is 12.7 Å². The predicted octanol–water partition coefficient (Wildman–Crippen LogP) is 4.14. The first-order valence-electron chi connectivity index (χ1n) is 8.80. The SMILES string of the molecule is C=CCN1C(=O)c2ccccc2N[C@@H]1c1cnc2sc(C(=O)OC)c(C)c2c1. The first kappa shape index (κ1) is 18.2. The Hall–Kier alpha value is -3.19. The van der Waals surface area contributed by atoms with Crippen LogP contribution in [-0.4, -0.2) is 35.4 Å². The number of nitrogens with one attached hydrogen (secondary N) is 1. The van der Waals surface area contributed by atoms with E-state index in [0.29, 0.717) is 17.0 Å². The first-order valence-corrected chi connectivity index (χ1v) is 9.61. The molecule has 3 heterocycles. The highest BCUT2D eigenvalue weighted by Crippen LogP contribution is 2.36. The molecule has 0 fully saturated rings. The molecule has 1 aromatic carbocycles. The van der Waals surface area contributed by atoms with Crippen molar-refractivity contribution in [3.8, 4) is 0 Å². The molecule has 2 aromatic heterocycles. The van der Waals surface area contributed by atoms with Crippen LogP contribution >= 0.6 is 11.3 Å².